The number of carbonyl (C=O) groups excluding carboxylic acids is 1. The fraction of sp³-hybridized carbons (Fsp3) is 0.174. The van der Waals surface area contributed by atoms with Crippen molar-refractivity contribution in [3.05, 3.63) is 80.9 Å². The van der Waals surface area contributed by atoms with E-state index in [4.69, 9.17) is 21.1 Å². The molecule has 9 heteroatoms. The Balaban J connectivity index is 1.40. The number of pyridine rings is 1. The Bertz CT molecular complexity index is 1220. The largest absolute Gasteiger partial charge is 0.493 e. The van der Waals surface area contributed by atoms with Gasteiger partial charge < -0.3 is 14.8 Å². The van der Waals surface area contributed by atoms with Gasteiger partial charge in [0.25, 0.3) is 5.91 Å². The second-order valence-corrected chi connectivity index (χ2v) is 9.56. The molecule has 0 saturated heterocycles. The number of thiophene rings is 1. The lowest BCUT2D eigenvalue weighted by Crippen LogP contribution is -2.22. The number of benzene rings is 1. The highest BCUT2D eigenvalue weighted by atomic mass is 35.5. The molecule has 1 N–H and O–H groups in total. The van der Waals surface area contributed by atoms with E-state index >= 15 is 0 Å². The van der Waals surface area contributed by atoms with Gasteiger partial charge in [-0.1, -0.05) is 17.7 Å². The van der Waals surface area contributed by atoms with E-state index in [2.05, 4.69) is 15.3 Å². The maximum Gasteiger partial charge on any atom is 0.263 e. The van der Waals surface area contributed by atoms with Crippen molar-refractivity contribution in [3.8, 4) is 21.4 Å². The van der Waals surface area contributed by atoms with Crippen LogP contribution in [0.15, 0.2) is 54.9 Å². The van der Waals surface area contributed by atoms with Crippen LogP contribution in [0.25, 0.3) is 9.88 Å². The molecule has 0 spiro atoms. The highest BCUT2D eigenvalue weighted by Crippen LogP contribution is 2.35. The lowest BCUT2D eigenvalue weighted by Gasteiger charge is -2.12. The zero-order chi connectivity index (χ0) is 22.5. The molecule has 0 aliphatic rings. The monoisotopic (exact) mass is 485 g/mol. The van der Waals surface area contributed by atoms with Crippen molar-refractivity contribution in [2.24, 2.45) is 0 Å². The van der Waals surface area contributed by atoms with Gasteiger partial charge >= 0.3 is 0 Å². The predicted molar refractivity (Wildman–Crippen MR) is 128 cm³/mol. The van der Waals surface area contributed by atoms with Gasteiger partial charge in [-0.05, 0) is 54.4 Å². The Morgan fingerprint density at radius 3 is 2.59 bits per heavy atom. The molecule has 3 aromatic heterocycles. The van der Waals surface area contributed by atoms with Crippen molar-refractivity contribution in [2.45, 2.75) is 20.1 Å². The minimum atomic E-state index is -0.161. The molecule has 32 heavy (non-hydrogen) atoms. The number of carbonyl (C=O) groups is 1. The summed E-state index contributed by atoms with van der Waals surface area (Å²) in [7, 11) is 1.59. The molecule has 164 valence electrons. The average Bonchev–Trinajstić information content (AvgIpc) is 3.42. The first kappa shape index (κ1) is 22.3. The Hall–Kier alpha value is -2.94. The van der Waals surface area contributed by atoms with Gasteiger partial charge in [0, 0.05) is 18.9 Å². The molecule has 0 saturated carbocycles. The van der Waals surface area contributed by atoms with Gasteiger partial charge in [-0.3, -0.25) is 9.78 Å². The minimum Gasteiger partial charge on any atom is -0.493 e. The van der Waals surface area contributed by atoms with E-state index in [0.717, 1.165) is 21.0 Å². The molecule has 4 aromatic rings. The number of halogens is 1. The van der Waals surface area contributed by atoms with E-state index in [0.29, 0.717) is 39.6 Å². The number of hydrogen-bond donors (Lipinski definition) is 1. The van der Waals surface area contributed by atoms with E-state index in [-0.39, 0.29) is 5.91 Å². The summed E-state index contributed by atoms with van der Waals surface area (Å²) < 4.78 is 12.0. The second-order valence-electron chi connectivity index (χ2n) is 6.85. The van der Waals surface area contributed by atoms with Crippen LogP contribution >= 0.6 is 34.3 Å². The Labute approximate surface area is 198 Å². The molecule has 1 aromatic carbocycles. The Morgan fingerprint density at radius 2 is 1.88 bits per heavy atom. The highest BCUT2D eigenvalue weighted by molar-refractivity contribution is 7.24. The van der Waals surface area contributed by atoms with Crippen LogP contribution in [-0.4, -0.2) is 23.0 Å². The van der Waals surface area contributed by atoms with Gasteiger partial charge in [-0.2, -0.15) is 0 Å². The first-order valence-corrected chi connectivity index (χ1v) is 11.7. The molecular formula is C23H20ClN3O3S2. The Morgan fingerprint density at radius 1 is 1.06 bits per heavy atom. The maximum absolute atomic E-state index is 12.7. The van der Waals surface area contributed by atoms with Gasteiger partial charge in [-0.15, -0.1) is 22.7 Å². The summed E-state index contributed by atoms with van der Waals surface area (Å²) in [5.41, 5.74) is 2.62. The first-order valence-electron chi connectivity index (χ1n) is 9.73. The second kappa shape index (κ2) is 10.1. The number of thiazole rings is 1. The number of nitrogens with zero attached hydrogens (tertiary/aromatic N) is 2. The summed E-state index contributed by atoms with van der Waals surface area (Å²) in [6.45, 7) is 2.61. The summed E-state index contributed by atoms with van der Waals surface area (Å²) in [5.74, 6) is 1.08. The number of hydrogen-bond acceptors (Lipinski definition) is 7. The van der Waals surface area contributed by atoms with Gasteiger partial charge in [0.1, 0.15) is 16.5 Å². The smallest absolute Gasteiger partial charge is 0.263 e. The molecule has 0 atom stereocenters. The van der Waals surface area contributed by atoms with Gasteiger partial charge in [0.2, 0.25) is 0 Å². The van der Waals surface area contributed by atoms with Crippen LogP contribution in [0, 0.1) is 6.92 Å². The van der Waals surface area contributed by atoms with Gasteiger partial charge in [0.15, 0.2) is 11.5 Å². The van der Waals surface area contributed by atoms with Gasteiger partial charge in [0.05, 0.1) is 22.0 Å². The molecule has 1 amide bonds. The van der Waals surface area contributed by atoms with Crippen molar-refractivity contribution in [1.82, 2.24) is 15.3 Å². The third-order valence-corrected chi connectivity index (χ3v) is 7.17. The number of nitrogens with one attached hydrogen (secondary N) is 1. The van der Waals surface area contributed by atoms with Crippen LogP contribution in [0.2, 0.25) is 4.34 Å². The van der Waals surface area contributed by atoms with Crippen molar-refractivity contribution >= 4 is 40.2 Å². The van der Waals surface area contributed by atoms with E-state index in [9.17, 15) is 4.79 Å². The average molecular weight is 486 g/mol. The van der Waals surface area contributed by atoms with Crippen LogP contribution in [0.4, 0.5) is 0 Å². The topological polar surface area (TPSA) is 73.3 Å². The number of aromatic nitrogens is 2. The SMILES string of the molecule is COc1cc(CNC(=O)c2sc(-c3ccc(Cl)s3)nc2C)ccc1OCc1ccncc1. The van der Waals surface area contributed by atoms with Crippen LogP contribution < -0.4 is 14.8 Å². The lowest BCUT2D eigenvalue weighted by molar-refractivity contribution is 0.0954. The number of ether oxygens (including phenoxy) is 2. The van der Waals surface area contributed by atoms with Crippen molar-refractivity contribution in [1.29, 1.82) is 0 Å². The van der Waals surface area contributed by atoms with Crippen molar-refractivity contribution in [3.63, 3.8) is 0 Å². The van der Waals surface area contributed by atoms with Crippen LogP contribution in [0.3, 0.4) is 0 Å². The summed E-state index contributed by atoms with van der Waals surface area (Å²) in [6, 6.07) is 13.2. The summed E-state index contributed by atoms with van der Waals surface area (Å²) in [6.07, 6.45) is 3.45. The van der Waals surface area contributed by atoms with Gasteiger partial charge in [-0.25, -0.2) is 4.98 Å². The normalized spacial score (nSPS) is 10.7. The maximum atomic E-state index is 12.7. The molecule has 0 aliphatic heterocycles. The summed E-state index contributed by atoms with van der Waals surface area (Å²) >= 11 is 8.83. The fourth-order valence-electron chi connectivity index (χ4n) is 2.99. The first-order chi connectivity index (χ1) is 15.5. The molecule has 6 nitrogen and oxygen atoms in total. The Kier molecular flexibility index (Phi) is 7.04. The molecule has 0 unspecified atom stereocenters. The third-order valence-electron chi connectivity index (χ3n) is 4.61. The number of amides is 1. The molecule has 4 rings (SSSR count). The fourth-order valence-corrected chi connectivity index (χ4v) is 5.07. The quantitative estimate of drug-likeness (QED) is 0.344. The predicted octanol–water partition coefficient (Wildman–Crippen LogP) is 5.75. The molecular weight excluding hydrogens is 466 g/mol. The molecule has 0 aliphatic carbocycles. The number of methoxy groups -OCH3 is 1. The number of rotatable bonds is 8. The van der Waals surface area contributed by atoms with Crippen LogP contribution in [0.1, 0.15) is 26.5 Å². The molecule has 3 heterocycles. The van der Waals surface area contributed by atoms with Crippen LogP contribution in [0.5, 0.6) is 11.5 Å². The number of aryl methyl sites for hydroxylation is 1. The molecule has 0 radical (unpaired) electrons. The van der Waals surface area contributed by atoms with E-state index in [1.807, 2.05) is 49.4 Å². The van der Waals surface area contributed by atoms with E-state index in [1.165, 1.54) is 22.7 Å². The molecule has 0 fully saturated rings. The van der Waals surface area contributed by atoms with E-state index < -0.39 is 0 Å². The van der Waals surface area contributed by atoms with Crippen LogP contribution in [-0.2, 0) is 13.2 Å². The van der Waals surface area contributed by atoms with Crippen molar-refractivity contribution < 1.29 is 14.3 Å². The van der Waals surface area contributed by atoms with Crippen molar-refractivity contribution in [2.75, 3.05) is 7.11 Å². The zero-order valence-electron chi connectivity index (χ0n) is 17.4. The lowest BCUT2D eigenvalue weighted by atomic mass is 10.2. The third kappa shape index (κ3) is 5.27. The zero-order valence-corrected chi connectivity index (χ0v) is 19.8. The highest BCUT2D eigenvalue weighted by Gasteiger charge is 2.17. The standard InChI is InChI=1S/C23H20ClN3O3S2/c1-14-21(32-23(27-14)19-5-6-20(24)31-19)22(28)26-12-16-3-4-17(18(11-16)29-2)30-13-15-7-9-25-10-8-15/h3-11H,12-13H2,1-2H3,(H,26,28). The minimum absolute atomic E-state index is 0.161. The summed E-state index contributed by atoms with van der Waals surface area (Å²) in [5, 5.41) is 3.75. The summed E-state index contributed by atoms with van der Waals surface area (Å²) in [4.78, 5) is 22.8. The van der Waals surface area contributed by atoms with E-state index in [1.54, 1.807) is 19.5 Å². The molecule has 0 bridgehead atoms.